The van der Waals surface area contributed by atoms with Crippen LogP contribution in [0.1, 0.15) is 55.3 Å². The van der Waals surface area contributed by atoms with Gasteiger partial charge in [0.25, 0.3) is 5.91 Å². The first-order chi connectivity index (χ1) is 18.2. The molecule has 0 aliphatic carbocycles. The van der Waals surface area contributed by atoms with Gasteiger partial charge < -0.3 is 19.3 Å². The van der Waals surface area contributed by atoms with E-state index in [9.17, 15) is 22.8 Å². The van der Waals surface area contributed by atoms with E-state index in [1.807, 2.05) is 17.0 Å². The average molecular weight is 534 g/mol. The summed E-state index contributed by atoms with van der Waals surface area (Å²) in [6.07, 6.45) is 1.02. The number of benzene rings is 1. The molecular weight excluding hydrogens is 499 g/mol. The van der Waals surface area contributed by atoms with E-state index >= 15 is 0 Å². The van der Waals surface area contributed by atoms with Crippen molar-refractivity contribution in [1.82, 2.24) is 14.8 Å². The van der Waals surface area contributed by atoms with Gasteiger partial charge in [-0.25, -0.2) is 0 Å². The number of ether oxygens (including phenoxy) is 2. The molecule has 206 valence electrons. The third kappa shape index (κ3) is 7.61. The molecule has 10 heteroatoms. The van der Waals surface area contributed by atoms with Crippen molar-refractivity contribution in [2.45, 2.75) is 51.1 Å². The zero-order chi connectivity index (χ0) is 27.0. The Morgan fingerprint density at radius 3 is 2.55 bits per heavy atom. The molecule has 0 atom stereocenters. The van der Waals surface area contributed by atoms with Crippen molar-refractivity contribution >= 4 is 11.8 Å². The molecule has 0 saturated carbocycles. The van der Waals surface area contributed by atoms with Crippen molar-refractivity contribution in [3.63, 3.8) is 0 Å². The number of amides is 2. The van der Waals surface area contributed by atoms with E-state index < -0.39 is 24.9 Å². The number of piperidine rings is 1. The fraction of sp³-hybridized carbons (Fsp3) is 0.536. The number of hydrogen-bond donors (Lipinski definition) is 0. The van der Waals surface area contributed by atoms with Crippen LogP contribution in [0.15, 0.2) is 48.8 Å². The fourth-order valence-corrected chi connectivity index (χ4v) is 5.10. The lowest BCUT2D eigenvalue weighted by molar-refractivity contribution is -0.149. The van der Waals surface area contributed by atoms with E-state index in [1.54, 1.807) is 36.7 Å². The number of alkyl halides is 3. The number of carbonyl (C=O) groups is 2. The number of fused-ring (bicyclic) bond motifs is 9. The Morgan fingerprint density at radius 2 is 1.82 bits per heavy atom. The van der Waals surface area contributed by atoms with Crippen LogP contribution in [0.4, 0.5) is 13.2 Å². The van der Waals surface area contributed by atoms with Gasteiger partial charge in [-0.1, -0.05) is 18.6 Å². The number of carbonyl (C=O) groups excluding carboxylic acids is 2. The molecule has 0 unspecified atom stereocenters. The highest BCUT2D eigenvalue weighted by Gasteiger charge is 2.37. The second-order valence-corrected chi connectivity index (χ2v) is 10.1. The lowest BCUT2D eigenvalue weighted by atomic mass is 9.75. The number of halogens is 3. The van der Waals surface area contributed by atoms with Gasteiger partial charge in [0.2, 0.25) is 5.91 Å². The van der Waals surface area contributed by atoms with Crippen LogP contribution in [-0.2, 0) is 4.79 Å². The molecule has 38 heavy (non-hydrogen) atoms. The molecule has 1 fully saturated rings. The van der Waals surface area contributed by atoms with Crippen LogP contribution in [0.5, 0.6) is 11.5 Å². The number of hydrogen-bond acceptors (Lipinski definition) is 5. The van der Waals surface area contributed by atoms with Gasteiger partial charge in [-0.2, -0.15) is 13.2 Å². The normalized spacial score (nSPS) is 18.7. The van der Waals surface area contributed by atoms with Crippen molar-refractivity contribution in [1.29, 1.82) is 0 Å². The zero-order valence-corrected chi connectivity index (χ0v) is 21.4. The van der Waals surface area contributed by atoms with Gasteiger partial charge in [-0.05, 0) is 49.9 Å². The SMILES string of the molecule is O=C(CCC(F)(F)F)N1CCCCC2(COc3cccnc3)CCN(CC2)C(=O)c2ccccc2OCC1. The second kappa shape index (κ2) is 12.5. The topological polar surface area (TPSA) is 72.0 Å². The minimum Gasteiger partial charge on any atom is -0.491 e. The van der Waals surface area contributed by atoms with Crippen LogP contribution in [0.25, 0.3) is 0 Å². The van der Waals surface area contributed by atoms with E-state index in [-0.39, 0.29) is 24.5 Å². The van der Waals surface area contributed by atoms with Crippen molar-refractivity contribution in [2.24, 2.45) is 5.41 Å². The molecule has 3 aliphatic rings. The molecule has 0 spiro atoms. The minimum absolute atomic E-state index is 0.0882. The van der Waals surface area contributed by atoms with Gasteiger partial charge in [0, 0.05) is 37.7 Å². The Balaban J connectivity index is 1.51. The predicted molar refractivity (Wildman–Crippen MR) is 135 cm³/mol. The highest BCUT2D eigenvalue weighted by atomic mass is 19.4. The van der Waals surface area contributed by atoms with Crippen LogP contribution in [0.2, 0.25) is 0 Å². The number of para-hydroxylation sites is 1. The summed E-state index contributed by atoms with van der Waals surface area (Å²) in [5, 5.41) is 0. The maximum absolute atomic E-state index is 13.4. The number of pyridine rings is 1. The minimum atomic E-state index is -4.39. The molecule has 5 rings (SSSR count). The first kappa shape index (κ1) is 27.7. The number of nitrogens with zero attached hydrogens (tertiary/aromatic N) is 3. The summed E-state index contributed by atoms with van der Waals surface area (Å²) in [5.74, 6) is 0.437. The molecule has 4 heterocycles. The quantitative estimate of drug-likeness (QED) is 0.534. The standard InChI is InChI=1S/C28H34F3N3O4/c29-28(30,31)11-9-25(35)33-15-4-3-10-27(21-38-22-6-5-14-32-20-22)12-16-34(17-13-27)26(36)23-7-1-2-8-24(23)37-19-18-33/h1-2,5-8,14,20H,3-4,9-13,15-19,21H2. The molecule has 2 aromatic rings. The van der Waals surface area contributed by atoms with Crippen molar-refractivity contribution < 1.29 is 32.2 Å². The van der Waals surface area contributed by atoms with Crippen LogP contribution < -0.4 is 9.47 Å². The molecule has 1 saturated heterocycles. The Bertz CT molecular complexity index is 1070. The predicted octanol–water partition coefficient (Wildman–Crippen LogP) is 5.12. The van der Waals surface area contributed by atoms with Crippen molar-refractivity contribution in [3.05, 3.63) is 54.4 Å². The molecule has 0 radical (unpaired) electrons. The smallest absolute Gasteiger partial charge is 0.389 e. The molecule has 1 aromatic heterocycles. The summed E-state index contributed by atoms with van der Waals surface area (Å²) < 4.78 is 50.2. The van der Waals surface area contributed by atoms with Crippen LogP contribution in [0.3, 0.4) is 0 Å². The molecule has 0 N–H and O–H groups in total. The second-order valence-electron chi connectivity index (χ2n) is 10.1. The van der Waals surface area contributed by atoms with E-state index in [0.717, 1.165) is 25.7 Å². The van der Waals surface area contributed by atoms with Crippen molar-refractivity contribution in [3.8, 4) is 11.5 Å². The third-order valence-electron chi connectivity index (χ3n) is 7.39. The highest BCUT2D eigenvalue weighted by Crippen LogP contribution is 2.38. The largest absolute Gasteiger partial charge is 0.491 e. The van der Waals surface area contributed by atoms with Crippen LogP contribution in [0, 0.1) is 5.41 Å². The van der Waals surface area contributed by atoms with Gasteiger partial charge in [-0.15, -0.1) is 0 Å². The Labute approximate surface area is 220 Å². The molecule has 2 bridgehead atoms. The molecule has 3 aliphatic heterocycles. The van der Waals surface area contributed by atoms with Crippen molar-refractivity contribution in [2.75, 3.05) is 39.4 Å². The number of aromatic nitrogens is 1. The van der Waals surface area contributed by atoms with Crippen LogP contribution >= 0.6 is 0 Å². The van der Waals surface area contributed by atoms with Gasteiger partial charge in [0.1, 0.15) is 18.1 Å². The van der Waals surface area contributed by atoms with Gasteiger partial charge in [0.15, 0.2) is 0 Å². The summed E-state index contributed by atoms with van der Waals surface area (Å²) in [4.78, 5) is 33.5. The Morgan fingerprint density at radius 1 is 1.03 bits per heavy atom. The average Bonchev–Trinajstić information content (AvgIpc) is 2.92. The summed E-state index contributed by atoms with van der Waals surface area (Å²) in [7, 11) is 0. The summed E-state index contributed by atoms with van der Waals surface area (Å²) in [5.41, 5.74) is 0.282. The lowest BCUT2D eigenvalue weighted by Gasteiger charge is -2.42. The number of rotatable bonds is 5. The summed E-state index contributed by atoms with van der Waals surface area (Å²) in [6, 6.07) is 10.6. The summed E-state index contributed by atoms with van der Waals surface area (Å²) in [6.45, 7) is 2.25. The van der Waals surface area contributed by atoms with Gasteiger partial charge >= 0.3 is 6.18 Å². The lowest BCUT2D eigenvalue weighted by Crippen LogP contribution is -2.45. The Kier molecular flexibility index (Phi) is 9.12. The van der Waals surface area contributed by atoms with Gasteiger partial charge in [0.05, 0.1) is 31.3 Å². The summed E-state index contributed by atoms with van der Waals surface area (Å²) >= 11 is 0. The molecule has 2 amide bonds. The van der Waals surface area contributed by atoms with E-state index in [4.69, 9.17) is 9.47 Å². The first-order valence-electron chi connectivity index (χ1n) is 13.1. The fourth-order valence-electron chi connectivity index (χ4n) is 5.10. The third-order valence-corrected chi connectivity index (χ3v) is 7.39. The van der Waals surface area contributed by atoms with E-state index in [2.05, 4.69) is 4.98 Å². The molecule has 7 nitrogen and oxygen atoms in total. The Hall–Kier alpha value is -3.30. The van der Waals surface area contributed by atoms with E-state index in [1.165, 1.54) is 4.90 Å². The first-order valence-corrected chi connectivity index (χ1v) is 13.1. The van der Waals surface area contributed by atoms with Crippen LogP contribution in [-0.4, -0.2) is 72.2 Å². The molecule has 1 aromatic carbocycles. The highest BCUT2D eigenvalue weighted by molar-refractivity contribution is 5.97. The monoisotopic (exact) mass is 533 g/mol. The maximum atomic E-state index is 13.4. The van der Waals surface area contributed by atoms with Gasteiger partial charge in [-0.3, -0.25) is 14.6 Å². The zero-order valence-electron chi connectivity index (χ0n) is 21.4. The van der Waals surface area contributed by atoms with E-state index in [0.29, 0.717) is 49.7 Å². The maximum Gasteiger partial charge on any atom is 0.389 e. The molecular formula is C28H34F3N3O4.